The normalized spacial score (nSPS) is 10.3. The second kappa shape index (κ2) is 10.0. The predicted octanol–water partition coefficient (Wildman–Crippen LogP) is 4.57. The lowest BCUT2D eigenvalue weighted by atomic mass is 10.2. The maximum Gasteiger partial charge on any atom is 0.251 e. The topological polar surface area (TPSA) is 70.2 Å². The number of benzene rings is 2. The molecule has 5 nitrogen and oxygen atoms in total. The predicted molar refractivity (Wildman–Crippen MR) is 107 cm³/mol. The molecule has 2 amide bonds. The Bertz CT molecular complexity index is 744. The van der Waals surface area contributed by atoms with Crippen molar-refractivity contribution in [3.8, 4) is 0 Å². The van der Waals surface area contributed by atoms with Crippen LogP contribution in [0.1, 0.15) is 30.1 Å². The molecule has 0 aliphatic carbocycles. The molecule has 0 aromatic heterocycles. The van der Waals surface area contributed by atoms with E-state index < -0.39 is 0 Å². The fourth-order valence-corrected chi connectivity index (χ4v) is 2.76. The first-order chi connectivity index (χ1) is 12.5. The highest BCUT2D eigenvalue weighted by Crippen LogP contribution is 2.22. The van der Waals surface area contributed by atoms with Gasteiger partial charge in [0.05, 0.1) is 6.54 Å². The van der Waals surface area contributed by atoms with Crippen LogP contribution < -0.4 is 16.0 Å². The maximum atomic E-state index is 12.0. The highest BCUT2D eigenvalue weighted by molar-refractivity contribution is 6.35. The molecule has 0 atom stereocenters. The summed E-state index contributed by atoms with van der Waals surface area (Å²) in [5.41, 5.74) is 1.87. The molecule has 0 saturated heterocycles. The Morgan fingerprint density at radius 1 is 0.962 bits per heavy atom. The van der Waals surface area contributed by atoms with Crippen molar-refractivity contribution in [3.63, 3.8) is 0 Å². The molecule has 0 radical (unpaired) electrons. The van der Waals surface area contributed by atoms with E-state index in [1.165, 1.54) is 0 Å². The molecule has 138 valence electrons. The molecular weight excluding hydrogens is 373 g/mol. The summed E-state index contributed by atoms with van der Waals surface area (Å²) in [5.74, 6) is -0.328. The van der Waals surface area contributed by atoms with Crippen LogP contribution in [0.25, 0.3) is 0 Å². The van der Waals surface area contributed by atoms with Gasteiger partial charge >= 0.3 is 0 Å². The van der Waals surface area contributed by atoms with E-state index in [0.29, 0.717) is 27.8 Å². The van der Waals surface area contributed by atoms with Gasteiger partial charge in [-0.25, -0.2) is 0 Å². The van der Waals surface area contributed by atoms with E-state index in [4.69, 9.17) is 23.2 Å². The van der Waals surface area contributed by atoms with Crippen LogP contribution in [0, 0.1) is 0 Å². The number of nitrogens with one attached hydrogen (secondary N) is 3. The molecule has 2 aromatic rings. The molecule has 26 heavy (non-hydrogen) atoms. The third-order valence-electron chi connectivity index (χ3n) is 3.56. The van der Waals surface area contributed by atoms with Gasteiger partial charge in [-0.1, -0.05) is 36.5 Å². The summed E-state index contributed by atoms with van der Waals surface area (Å²) < 4.78 is 0. The first-order valence-electron chi connectivity index (χ1n) is 8.36. The van der Waals surface area contributed by atoms with Gasteiger partial charge in [-0.3, -0.25) is 9.59 Å². The molecule has 0 unspecified atom stereocenters. The SMILES string of the molecule is CCCCNC(=O)c1ccc(NCC(=O)Nc2cc(Cl)cc(Cl)c2)cc1. The lowest BCUT2D eigenvalue weighted by Crippen LogP contribution is -2.24. The standard InChI is InChI=1S/C19H21Cl2N3O2/c1-2-3-8-22-19(26)13-4-6-16(7-5-13)23-12-18(25)24-17-10-14(20)9-15(21)11-17/h4-7,9-11,23H,2-3,8,12H2,1H3,(H,22,26)(H,24,25). The molecule has 2 rings (SSSR count). The third-order valence-corrected chi connectivity index (χ3v) is 4.00. The van der Waals surface area contributed by atoms with Crippen molar-refractivity contribution in [2.45, 2.75) is 19.8 Å². The molecule has 3 N–H and O–H groups in total. The van der Waals surface area contributed by atoms with Crippen molar-refractivity contribution in [1.82, 2.24) is 5.32 Å². The van der Waals surface area contributed by atoms with E-state index in [1.807, 2.05) is 0 Å². The van der Waals surface area contributed by atoms with Gasteiger partial charge in [0.15, 0.2) is 0 Å². The molecule has 0 fully saturated rings. The second-order valence-corrected chi connectivity index (χ2v) is 6.62. The Balaban J connectivity index is 1.83. The molecule has 0 spiro atoms. The number of amides is 2. The molecule has 0 saturated carbocycles. The Morgan fingerprint density at radius 3 is 2.23 bits per heavy atom. The second-order valence-electron chi connectivity index (χ2n) is 5.75. The molecule has 0 bridgehead atoms. The average molecular weight is 394 g/mol. The van der Waals surface area contributed by atoms with Gasteiger partial charge in [-0.15, -0.1) is 0 Å². The zero-order chi connectivity index (χ0) is 18.9. The molecule has 0 aliphatic rings. The minimum absolute atomic E-state index is 0.0756. The van der Waals surface area contributed by atoms with Gasteiger partial charge in [0, 0.05) is 33.5 Å². The molecular formula is C19H21Cl2N3O2. The highest BCUT2D eigenvalue weighted by Gasteiger charge is 2.06. The molecule has 2 aromatic carbocycles. The number of carbonyl (C=O) groups excluding carboxylic acids is 2. The number of halogens is 2. The average Bonchev–Trinajstić information content (AvgIpc) is 2.59. The van der Waals surface area contributed by atoms with Crippen molar-refractivity contribution in [2.24, 2.45) is 0 Å². The summed E-state index contributed by atoms with van der Waals surface area (Å²) in [7, 11) is 0. The van der Waals surface area contributed by atoms with Crippen LogP contribution in [0.5, 0.6) is 0 Å². The first kappa shape index (κ1) is 20.1. The Morgan fingerprint density at radius 2 is 1.62 bits per heavy atom. The number of anilines is 2. The molecule has 0 heterocycles. The van der Waals surface area contributed by atoms with Crippen LogP contribution in [-0.4, -0.2) is 24.9 Å². The highest BCUT2D eigenvalue weighted by atomic mass is 35.5. The first-order valence-corrected chi connectivity index (χ1v) is 9.11. The van der Waals surface area contributed by atoms with Crippen molar-refractivity contribution >= 4 is 46.4 Å². The Labute approximate surface area is 163 Å². The summed E-state index contributed by atoms with van der Waals surface area (Å²) in [5, 5.41) is 9.49. The number of unbranched alkanes of at least 4 members (excludes halogenated alkanes) is 1. The third kappa shape index (κ3) is 6.58. The molecule has 7 heteroatoms. The quantitative estimate of drug-likeness (QED) is 0.575. The van der Waals surface area contributed by atoms with Crippen molar-refractivity contribution in [3.05, 3.63) is 58.1 Å². The lowest BCUT2D eigenvalue weighted by Gasteiger charge is -2.09. The van der Waals surface area contributed by atoms with Crippen LogP contribution >= 0.6 is 23.2 Å². The minimum Gasteiger partial charge on any atom is -0.376 e. The number of rotatable bonds is 8. The number of hydrogen-bond donors (Lipinski definition) is 3. The van der Waals surface area contributed by atoms with Crippen LogP contribution in [0.15, 0.2) is 42.5 Å². The fraction of sp³-hybridized carbons (Fsp3) is 0.263. The van der Waals surface area contributed by atoms with Gasteiger partial charge in [0.2, 0.25) is 5.91 Å². The van der Waals surface area contributed by atoms with E-state index in [1.54, 1.807) is 42.5 Å². The van der Waals surface area contributed by atoms with E-state index >= 15 is 0 Å². The summed E-state index contributed by atoms with van der Waals surface area (Å²) in [6.45, 7) is 2.82. The van der Waals surface area contributed by atoms with E-state index in [2.05, 4.69) is 22.9 Å². The minimum atomic E-state index is -0.232. The summed E-state index contributed by atoms with van der Waals surface area (Å²) >= 11 is 11.8. The van der Waals surface area contributed by atoms with Crippen molar-refractivity contribution in [2.75, 3.05) is 23.7 Å². The van der Waals surface area contributed by atoms with Crippen LogP contribution in [0.4, 0.5) is 11.4 Å². The Hall–Kier alpha value is -2.24. The summed E-state index contributed by atoms with van der Waals surface area (Å²) in [6.07, 6.45) is 1.99. The van der Waals surface area contributed by atoms with Gasteiger partial charge in [-0.2, -0.15) is 0 Å². The van der Waals surface area contributed by atoms with E-state index in [-0.39, 0.29) is 18.4 Å². The van der Waals surface area contributed by atoms with Crippen LogP contribution in [0.3, 0.4) is 0 Å². The van der Waals surface area contributed by atoms with Gasteiger partial charge in [0.25, 0.3) is 5.91 Å². The van der Waals surface area contributed by atoms with Crippen LogP contribution in [-0.2, 0) is 4.79 Å². The van der Waals surface area contributed by atoms with E-state index in [0.717, 1.165) is 18.5 Å². The zero-order valence-corrected chi connectivity index (χ0v) is 16.0. The number of hydrogen-bond acceptors (Lipinski definition) is 3. The van der Waals surface area contributed by atoms with Crippen LogP contribution in [0.2, 0.25) is 10.0 Å². The Kier molecular flexibility index (Phi) is 7.75. The summed E-state index contributed by atoms with van der Waals surface area (Å²) in [6, 6.07) is 11.8. The van der Waals surface area contributed by atoms with Crippen molar-refractivity contribution < 1.29 is 9.59 Å². The fourth-order valence-electron chi connectivity index (χ4n) is 2.23. The van der Waals surface area contributed by atoms with Gasteiger partial charge in [-0.05, 0) is 48.9 Å². The van der Waals surface area contributed by atoms with Gasteiger partial charge < -0.3 is 16.0 Å². The monoisotopic (exact) mass is 393 g/mol. The maximum absolute atomic E-state index is 12.0. The lowest BCUT2D eigenvalue weighted by molar-refractivity contribution is -0.114. The smallest absolute Gasteiger partial charge is 0.251 e. The number of carbonyl (C=O) groups is 2. The van der Waals surface area contributed by atoms with E-state index in [9.17, 15) is 9.59 Å². The van der Waals surface area contributed by atoms with Crippen molar-refractivity contribution in [1.29, 1.82) is 0 Å². The molecule has 0 aliphatic heterocycles. The zero-order valence-electron chi connectivity index (χ0n) is 14.4. The summed E-state index contributed by atoms with van der Waals surface area (Å²) in [4.78, 5) is 23.9. The largest absolute Gasteiger partial charge is 0.376 e. The van der Waals surface area contributed by atoms with Gasteiger partial charge in [0.1, 0.15) is 0 Å².